The molecule has 3 aromatic rings. The fourth-order valence-corrected chi connectivity index (χ4v) is 3.76. The van der Waals surface area contributed by atoms with Crippen molar-refractivity contribution in [3.8, 4) is 5.69 Å². The molecule has 4 rings (SSSR count). The molecule has 0 aliphatic carbocycles. The van der Waals surface area contributed by atoms with E-state index in [1.165, 1.54) is 0 Å². The van der Waals surface area contributed by atoms with Gasteiger partial charge in [-0.05, 0) is 49.7 Å². The minimum Gasteiger partial charge on any atom is -0.337 e. The molecule has 1 saturated heterocycles. The summed E-state index contributed by atoms with van der Waals surface area (Å²) in [5.74, 6) is -0.0522. The fraction of sp³-hybridized carbons (Fsp3) is 0.261. The van der Waals surface area contributed by atoms with Crippen LogP contribution in [0, 0.1) is 6.92 Å². The Morgan fingerprint density at radius 3 is 2.23 bits per heavy atom. The van der Waals surface area contributed by atoms with Gasteiger partial charge in [-0.3, -0.25) is 9.59 Å². The first-order chi connectivity index (χ1) is 14.5. The zero-order chi connectivity index (χ0) is 21.1. The van der Waals surface area contributed by atoms with E-state index in [2.05, 4.69) is 5.10 Å². The van der Waals surface area contributed by atoms with Gasteiger partial charge in [0.05, 0.1) is 17.4 Å². The van der Waals surface area contributed by atoms with Crippen molar-refractivity contribution in [3.63, 3.8) is 0 Å². The third-order valence-electron chi connectivity index (χ3n) is 5.26. The molecule has 0 radical (unpaired) electrons. The van der Waals surface area contributed by atoms with Gasteiger partial charge in [-0.15, -0.1) is 0 Å². The zero-order valence-corrected chi connectivity index (χ0v) is 17.5. The van der Waals surface area contributed by atoms with Gasteiger partial charge >= 0.3 is 0 Å². The predicted octanol–water partition coefficient (Wildman–Crippen LogP) is 3.82. The predicted molar refractivity (Wildman–Crippen MR) is 116 cm³/mol. The molecule has 154 valence electrons. The quantitative estimate of drug-likeness (QED) is 0.644. The third kappa shape index (κ3) is 4.39. The first kappa shape index (κ1) is 20.2. The second-order valence-corrected chi connectivity index (χ2v) is 7.89. The average Bonchev–Trinajstić information content (AvgIpc) is 3.11. The number of hydrogen-bond acceptors (Lipinski definition) is 3. The van der Waals surface area contributed by atoms with Crippen molar-refractivity contribution in [1.82, 2.24) is 19.6 Å². The number of hydrogen-bond donors (Lipinski definition) is 0. The van der Waals surface area contributed by atoms with Crippen LogP contribution in [0.4, 0.5) is 0 Å². The van der Waals surface area contributed by atoms with Gasteiger partial charge in [0.1, 0.15) is 0 Å². The summed E-state index contributed by atoms with van der Waals surface area (Å²) in [6.07, 6.45) is 4.05. The summed E-state index contributed by atoms with van der Waals surface area (Å²) in [4.78, 5) is 29.5. The van der Waals surface area contributed by atoms with E-state index < -0.39 is 0 Å². The van der Waals surface area contributed by atoms with Crippen molar-refractivity contribution in [2.45, 2.75) is 13.3 Å². The van der Waals surface area contributed by atoms with Gasteiger partial charge in [0.2, 0.25) is 0 Å². The number of carbonyl (C=O) groups is 2. The van der Waals surface area contributed by atoms with Crippen molar-refractivity contribution in [3.05, 3.63) is 82.6 Å². The Morgan fingerprint density at radius 1 is 0.900 bits per heavy atom. The molecule has 0 saturated carbocycles. The maximum absolute atomic E-state index is 13.0. The van der Waals surface area contributed by atoms with Crippen molar-refractivity contribution in [2.75, 3.05) is 26.2 Å². The van der Waals surface area contributed by atoms with E-state index in [4.69, 9.17) is 11.6 Å². The number of rotatable bonds is 3. The van der Waals surface area contributed by atoms with E-state index in [0.29, 0.717) is 42.3 Å². The van der Waals surface area contributed by atoms with Crippen LogP contribution in [0.2, 0.25) is 5.02 Å². The van der Waals surface area contributed by atoms with Crippen LogP contribution in [0.25, 0.3) is 5.69 Å². The summed E-state index contributed by atoms with van der Waals surface area (Å²) in [5.41, 5.74) is 3.12. The standard InChI is InChI=1S/C23H23ClN4O2/c1-17-4-2-5-18(14-17)22(29)26-10-3-11-27(13-12-26)23(30)19-15-25-28(16-19)21-8-6-20(24)7-9-21/h2,4-9,14-16H,3,10-13H2,1H3. The minimum atomic E-state index is -0.0694. The van der Waals surface area contributed by atoms with Gasteiger partial charge in [-0.25, -0.2) is 4.68 Å². The van der Waals surface area contributed by atoms with Gasteiger partial charge in [0, 0.05) is 43.0 Å². The molecule has 30 heavy (non-hydrogen) atoms. The summed E-state index contributed by atoms with van der Waals surface area (Å²) in [6, 6.07) is 14.9. The normalized spacial score (nSPS) is 14.5. The topological polar surface area (TPSA) is 58.4 Å². The molecule has 6 nitrogen and oxygen atoms in total. The number of benzene rings is 2. The second-order valence-electron chi connectivity index (χ2n) is 7.46. The highest BCUT2D eigenvalue weighted by Gasteiger charge is 2.24. The van der Waals surface area contributed by atoms with Crippen LogP contribution in [0.1, 0.15) is 32.7 Å². The summed E-state index contributed by atoms with van der Waals surface area (Å²) in [6.45, 7) is 4.25. The van der Waals surface area contributed by atoms with Gasteiger partial charge in [0.15, 0.2) is 0 Å². The van der Waals surface area contributed by atoms with Gasteiger partial charge in [-0.2, -0.15) is 5.10 Å². The monoisotopic (exact) mass is 422 g/mol. The van der Waals surface area contributed by atoms with E-state index in [9.17, 15) is 9.59 Å². The van der Waals surface area contributed by atoms with Crippen LogP contribution in [-0.4, -0.2) is 57.6 Å². The molecule has 2 heterocycles. The molecular weight excluding hydrogens is 400 g/mol. The molecule has 2 aromatic carbocycles. The van der Waals surface area contributed by atoms with Crippen molar-refractivity contribution < 1.29 is 9.59 Å². The minimum absolute atomic E-state index is 0.0172. The van der Waals surface area contributed by atoms with E-state index in [1.807, 2.05) is 48.2 Å². The Morgan fingerprint density at radius 2 is 1.57 bits per heavy atom. The number of carbonyl (C=O) groups excluding carboxylic acids is 2. The van der Waals surface area contributed by atoms with Crippen molar-refractivity contribution in [1.29, 1.82) is 0 Å². The maximum Gasteiger partial charge on any atom is 0.257 e. The van der Waals surface area contributed by atoms with Gasteiger partial charge in [0.25, 0.3) is 11.8 Å². The van der Waals surface area contributed by atoms with E-state index in [0.717, 1.165) is 17.7 Å². The Kier molecular flexibility index (Phi) is 5.86. The lowest BCUT2D eigenvalue weighted by molar-refractivity contribution is 0.0718. The molecule has 0 atom stereocenters. The first-order valence-corrected chi connectivity index (χ1v) is 10.3. The van der Waals surface area contributed by atoms with E-state index in [1.54, 1.807) is 34.1 Å². The van der Waals surface area contributed by atoms with Gasteiger partial charge in [-0.1, -0.05) is 29.3 Å². The molecule has 0 bridgehead atoms. The third-order valence-corrected chi connectivity index (χ3v) is 5.51. The number of halogens is 1. The van der Waals surface area contributed by atoms with Crippen molar-refractivity contribution in [2.24, 2.45) is 0 Å². The molecule has 1 fully saturated rings. The Hall–Kier alpha value is -3.12. The Labute approximate surface area is 180 Å². The Balaban J connectivity index is 1.42. The number of nitrogens with zero attached hydrogens (tertiary/aromatic N) is 4. The molecule has 2 amide bonds. The van der Waals surface area contributed by atoms with Crippen LogP contribution in [0.15, 0.2) is 60.9 Å². The van der Waals surface area contributed by atoms with Crippen molar-refractivity contribution >= 4 is 23.4 Å². The Bertz CT molecular complexity index is 1060. The molecule has 1 aliphatic rings. The van der Waals surface area contributed by atoms with Crippen LogP contribution < -0.4 is 0 Å². The highest BCUT2D eigenvalue weighted by Crippen LogP contribution is 2.16. The zero-order valence-electron chi connectivity index (χ0n) is 16.8. The lowest BCUT2D eigenvalue weighted by Gasteiger charge is -2.22. The number of aromatic nitrogens is 2. The van der Waals surface area contributed by atoms with E-state index >= 15 is 0 Å². The molecule has 1 aromatic heterocycles. The molecule has 0 N–H and O–H groups in total. The maximum atomic E-state index is 13.0. The summed E-state index contributed by atoms with van der Waals surface area (Å²) in [5, 5.41) is 4.96. The molecule has 7 heteroatoms. The lowest BCUT2D eigenvalue weighted by Crippen LogP contribution is -2.37. The van der Waals surface area contributed by atoms with E-state index in [-0.39, 0.29) is 11.8 Å². The SMILES string of the molecule is Cc1cccc(C(=O)N2CCCN(C(=O)c3cnn(-c4ccc(Cl)cc4)c3)CC2)c1. The van der Waals surface area contributed by atoms with Crippen LogP contribution in [0.5, 0.6) is 0 Å². The van der Waals surface area contributed by atoms with Crippen LogP contribution in [-0.2, 0) is 0 Å². The first-order valence-electron chi connectivity index (χ1n) is 9.97. The van der Waals surface area contributed by atoms with Gasteiger partial charge < -0.3 is 9.80 Å². The molecule has 0 spiro atoms. The average molecular weight is 423 g/mol. The smallest absolute Gasteiger partial charge is 0.257 e. The second kappa shape index (κ2) is 8.71. The molecule has 0 unspecified atom stereocenters. The number of aryl methyl sites for hydroxylation is 1. The summed E-state index contributed by atoms with van der Waals surface area (Å²) < 4.78 is 1.66. The fourth-order valence-electron chi connectivity index (χ4n) is 3.64. The van der Waals surface area contributed by atoms with Crippen LogP contribution >= 0.6 is 11.6 Å². The summed E-state index contributed by atoms with van der Waals surface area (Å²) in [7, 11) is 0. The highest BCUT2D eigenvalue weighted by molar-refractivity contribution is 6.30. The summed E-state index contributed by atoms with van der Waals surface area (Å²) >= 11 is 5.93. The van der Waals surface area contributed by atoms with Crippen LogP contribution in [0.3, 0.4) is 0 Å². The highest BCUT2D eigenvalue weighted by atomic mass is 35.5. The molecular formula is C23H23ClN4O2. The largest absolute Gasteiger partial charge is 0.337 e. The molecule has 1 aliphatic heterocycles. The lowest BCUT2D eigenvalue weighted by atomic mass is 10.1. The number of amides is 2.